The lowest BCUT2D eigenvalue weighted by atomic mass is 10.1. The molecule has 0 radical (unpaired) electrons. The zero-order chi connectivity index (χ0) is 31.1. The van der Waals surface area contributed by atoms with E-state index in [2.05, 4.69) is 20.3 Å². The van der Waals surface area contributed by atoms with E-state index in [1.807, 2.05) is 0 Å². The quantitative estimate of drug-likeness (QED) is 0.336. The Morgan fingerprint density at radius 3 is 2.83 bits per heavy atom. The van der Waals surface area contributed by atoms with Crippen LogP contribution in [0.15, 0.2) is 53.6 Å². The van der Waals surface area contributed by atoms with Crippen LogP contribution >= 0.6 is 0 Å². The number of carbonyl (C=O) groups excluding carboxylic acids is 1. The molecule has 1 atom stereocenters. The first kappa shape index (κ1) is 23.7. The van der Waals surface area contributed by atoms with Gasteiger partial charge in [-0.2, -0.15) is 0 Å². The van der Waals surface area contributed by atoms with Crippen LogP contribution in [-0.2, 0) is 27.7 Å². The first-order valence-electron chi connectivity index (χ1n) is 13.0. The molecule has 1 amide bonds. The van der Waals surface area contributed by atoms with E-state index < -0.39 is 70.2 Å². The highest BCUT2D eigenvalue weighted by molar-refractivity contribution is 7.92. The molecule has 9 nitrogen and oxygen atoms in total. The molecule has 0 unspecified atom stereocenters. The number of pyridine rings is 3. The third-order valence-corrected chi connectivity index (χ3v) is 7.88. The highest BCUT2D eigenvalue weighted by Gasteiger charge is 2.35. The Morgan fingerprint density at radius 1 is 1.23 bits per heavy atom. The lowest BCUT2D eigenvalue weighted by molar-refractivity contribution is 0.0938. The van der Waals surface area contributed by atoms with Gasteiger partial charge in [0.15, 0.2) is 0 Å². The number of hydrogen-bond donors (Lipinski definition) is 1. The first-order chi connectivity index (χ1) is 20.2. The molecule has 4 heterocycles. The zero-order valence-corrected chi connectivity index (χ0v) is 21.0. The number of rotatable bonds is 6. The summed E-state index contributed by atoms with van der Waals surface area (Å²) in [4.78, 5) is 24.4. The highest BCUT2D eigenvalue weighted by Crippen LogP contribution is 2.31. The number of sulfone groups is 1. The van der Waals surface area contributed by atoms with Gasteiger partial charge in [-0.15, -0.1) is 0 Å². The van der Waals surface area contributed by atoms with Crippen molar-refractivity contribution >= 4 is 26.6 Å². The van der Waals surface area contributed by atoms with Crippen molar-refractivity contribution in [3.8, 4) is 17.1 Å². The molecular weight excluding hydrogens is 556 g/mol. The molecule has 1 aromatic carbocycles. The fourth-order valence-electron chi connectivity index (χ4n) is 4.04. The maximum Gasteiger partial charge on any atom is 0.280 e. The fourth-order valence-corrected chi connectivity index (χ4v) is 5.39. The van der Waals surface area contributed by atoms with Crippen LogP contribution in [0.5, 0.6) is 5.88 Å². The van der Waals surface area contributed by atoms with E-state index in [0.717, 1.165) is 18.2 Å². The number of carbonyl (C=O) groups is 1. The van der Waals surface area contributed by atoms with Crippen molar-refractivity contribution in [3.05, 3.63) is 77.0 Å². The molecular formula is C26H20F4N4O5S. The largest absolute Gasteiger partial charge is 0.480 e. The van der Waals surface area contributed by atoms with Gasteiger partial charge < -0.3 is 14.8 Å². The van der Waals surface area contributed by atoms with E-state index in [-0.39, 0.29) is 34.6 Å². The normalized spacial score (nSPS) is 17.8. The van der Waals surface area contributed by atoms with Crippen LogP contribution < -0.4 is 10.1 Å². The number of fused-ring (bicyclic) bond motifs is 2. The second kappa shape index (κ2) is 10.8. The van der Waals surface area contributed by atoms with E-state index >= 15 is 0 Å². The lowest BCUT2D eigenvalue weighted by Gasteiger charge is -2.12. The molecule has 1 aliphatic heterocycles. The van der Waals surface area contributed by atoms with E-state index in [0.29, 0.717) is 10.9 Å². The maximum atomic E-state index is 14.7. The number of amides is 1. The van der Waals surface area contributed by atoms with Gasteiger partial charge in [-0.25, -0.2) is 35.9 Å². The average Bonchev–Trinajstić information content (AvgIpc) is 3.05. The molecule has 1 N–H and O–H groups in total. The minimum Gasteiger partial charge on any atom is -0.480 e. The molecule has 0 bridgehead atoms. The van der Waals surface area contributed by atoms with Crippen molar-refractivity contribution < 1.29 is 44.4 Å². The predicted molar refractivity (Wildman–Crippen MR) is 134 cm³/mol. The molecule has 4 aromatic rings. The fraction of sp³-hybridized carbons (Fsp3) is 0.231. The van der Waals surface area contributed by atoms with Crippen molar-refractivity contribution in [2.75, 3.05) is 13.6 Å². The van der Waals surface area contributed by atoms with Crippen LogP contribution in [0.3, 0.4) is 0 Å². The molecule has 40 heavy (non-hydrogen) atoms. The third-order valence-electron chi connectivity index (χ3n) is 6.09. The van der Waals surface area contributed by atoms with Crippen molar-refractivity contribution in [1.29, 1.82) is 0 Å². The van der Waals surface area contributed by atoms with Crippen LogP contribution in [0.25, 0.3) is 22.2 Å². The third kappa shape index (κ3) is 5.19. The first-order valence-corrected chi connectivity index (χ1v) is 13.1. The number of ether oxygens (including phenoxy) is 2. The summed E-state index contributed by atoms with van der Waals surface area (Å²) in [5.74, 6) is -2.47. The van der Waals surface area contributed by atoms with Gasteiger partial charge in [0.1, 0.15) is 11.5 Å². The Morgan fingerprint density at radius 2 is 2.05 bits per heavy atom. The van der Waals surface area contributed by atoms with Crippen molar-refractivity contribution in [3.63, 3.8) is 0 Å². The topological polar surface area (TPSA) is 120 Å². The zero-order valence-electron chi connectivity index (χ0n) is 23.2. The van der Waals surface area contributed by atoms with Crippen LogP contribution in [-0.4, -0.2) is 48.4 Å². The molecule has 208 valence electrons. The van der Waals surface area contributed by atoms with Gasteiger partial charge in [0.05, 0.1) is 58.3 Å². The highest BCUT2D eigenvalue weighted by atomic mass is 32.2. The maximum absolute atomic E-state index is 14.7. The Bertz CT molecular complexity index is 1840. The van der Waals surface area contributed by atoms with E-state index in [1.165, 1.54) is 24.4 Å². The Labute approximate surface area is 229 Å². The Hall–Kier alpha value is -4.17. The summed E-state index contributed by atoms with van der Waals surface area (Å²) in [6, 6.07) is 8.50. The van der Waals surface area contributed by atoms with Crippen LogP contribution in [0.2, 0.25) is 0 Å². The molecule has 0 saturated carbocycles. The Balaban J connectivity index is 1.41. The second-order valence-electron chi connectivity index (χ2n) is 8.64. The van der Waals surface area contributed by atoms with E-state index in [4.69, 9.17) is 13.6 Å². The molecule has 1 aliphatic rings. The van der Waals surface area contributed by atoms with Gasteiger partial charge >= 0.3 is 0 Å². The van der Waals surface area contributed by atoms with Crippen molar-refractivity contribution in [2.45, 2.75) is 30.0 Å². The summed E-state index contributed by atoms with van der Waals surface area (Å²) in [5.41, 5.74) is -3.05. The summed E-state index contributed by atoms with van der Waals surface area (Å²) in [6.07, 6.45) is -1.54. The number of halogens is 4. The van der Waals surface area contributed by atoms with Gasteiger partial charge in [-0.1, -0.05) is 0 Å². The summed E-state index contributed by atoms with van der Waals surface area (Å²) in [7, 11) is -7.56. The summed E-state index contributed by atoms with van der Waals surface area (Å²) < 4.78 is 112. The van der Waals surface area contributed by atoms with Gasteiger partial charge in [0.25, 0.3) is 12.3 Å². The van der Waals surface area contributed by atoms with Crippen LogP contribution in [0.1, 0.15) is 37.8 Å². The molecule has 5 rings (SSSR count). The minimum absolute atomic E-state index is 0.0372. The monoisotopic (exact) mass is 579 g/mol. The van der Waals surface area contributed by atoms with Gasteiger partial charge in [0, 0.05) is 22.7 Å². The van der Waals surface area contributed by atoms with E-state index in [1.54, 1.807) is 6.07 Å². The molecule has 14 heteroatoms. The number of methoxy groups -OCH3 is 1. The number of hydrogen-bond acceptors (Lipinski definition) is 8. The summed E-state index contributed by atoms with van der Waals surface area (Å²) >= 11 is 0. The molecule has 0 aliphatic carbocycles. The smallest absolute Gasteiger partial charge is 0.280 e. The second-order valence-corrected chi connectivity index (χ2v) is 10.7. The number of benzene rings is 1. The summed E-state index contributed by atoms with van der Waals surface area (Å²) in [6.45, 7) is -1.46. The number of aromatic nitrogens is 3. The van der Waals surface area contributed by atoms with Gasteiger partial charge in [-0.05, 0) is 42.5 Å². The van der Waals surface area contributed by atoms with Crippen LogP contribution in [0, 0.1) is 5.82 Å². The SMILES string of the molecule is [2H]C([2H])([2H])Oc1nc(C(F)F)ccc1-c1ccc2cnc(CNC(=O)c3cc(F)c4c(c3)S(=O)(=O)[C@@H](F)COC4)cc2n1. The lowest BCUT2D eigenvalue weighted by Crippen LogP contribution is -2.25. The standard InChI is InChI=1S/C26H20F4N4O5S/c1-38-26-16(3-5-20(34-26)24(29)30)19-4-2-13-9-31-15(8-21(13)33-19)10-32-25(35)14-6-18(27)17-11-39-12-23(28)40(36,37)22(17)7-14/h2-9,23-24H,10-12H2,1H3,(H,32,35)/t23-/m1/s1/i1D3. The number of nitrogens with zero attached hydrogens (tertiary/aromatic N) is 3. The number of nitrogens with one attached hydrogen (secondary N) is 1. The molecule has 0 fully saturated rings. The molecule has 3 aromatic heterocycles. The van der Waals surface area contributed by atoms with Gasteiger partial charge in [-0.3, -0.25) is 9.78 Å². The molecule has 0 saturated heterocycles. The van der Waals surface area contributed by atoms with Crippen molar-refractivity contribution in [1.82, 2.24) is 20.3 Å². The Kier molecular flexibility index (Phi) is 6.38. The van der Waals surface area contributed by atoms with Crippen molar-refractivity contribution in [2.24, 2.45) is 0 Å². The van der Waals surface area contributed by atoms with E-state index in [9.17, 15) is 30.8 Å². The summed E-state index contributed by atoms with van der Waals surface area (Å²) in [5, 5.41) is 3.02. The average molecular weight is 580 g/mol. The van der Waals surface area contributed by atoms with Crippen LogP contribution in [0.4, 0.5) is 17.6 Å². The number of alkyl halides is 3. The predicted octanol–water partition coefficient (Wildman–Crippen LogP) is 4.31. The minimum atomic E-state index is -4.59. The van der Waals surface area contributed by atoms with Gasteiger partial charge in [0.2, 0.25) is 21.2 Å². The molecule has 0 spiro atoms.